The van der Waals surface area contributed by atoms with Gasteiger partial charge in [0, 0.05) is 35.6 Å². The lowest BCUT2D eigenvalue weighted by Crippen LogP contribution is -2.46. The normalized spacial score (nSPS) is 12.8. The third-order valence-electron chi connectivity index (χ3n) is 6.32. The number of pyridine rings is 1. The minimum Gasteiger partial charge on any atom is -0.489 e. The van der Waals surface area contributed by atoms with Crippen molar-refractivity contribution in [2.45, 2.75) is 45.4 Å². The quantitative estimate of drug-likeness (QED) is 0.219. The number of imidazole rings is 1. The first-order chi connectivity index (χ1) is 19.1. The molecule has 2 heterocycles. The highest BCUT2D eigenvalue weighted by Gasteiger charge is 2.18. The van der Waals surface area contributed by atoms with Gasteiger partial charge in [-0.1, -0.05) is 41.9 Å². The molecular weight excluding hydrogens is 530 g/mol. The van der Waals surface area contributed by atoms with Crippen LogP contribution in [-0.4, -0.2) is 51.5 Å². The second kappa shape index (κ2) is 13.0. The molecule has 0 unspecified atom stereocenters. The number of nitrogens with zero attached hydrogens (tertiary/aromatic N) is 2. The molecule has 5 N–H and O–H groups in total. The maximum absolute atomic E-state index is 13.1. The van der Waals surface area contributed by atoms with Gasteiger partial charge in [-0.25, -0.2) is 4.98 Å². The van der Waals surface area contributed by atoms with E-state index < -0.39 is 12.1 Å². The minimum absolute atomic E-state index is 0.0477. The molecule has 0 aliphatic rings. The fourth-order valence-electron chi connectivity index (χ4n) is 4.34. The van der Waals surface area contributed by atoms with Crippen molar-refractivity contribution in [2.75, 3.05) is 13.1 Å². The van der Waals surface area contributed by atoms with Crippen molar-refractivity contribution < 1.29 is 19.4 Å². The molecule has 2 aromatic heterocycles. The first-order valence-corrected chi connectivity index (χ1v) is 13.5. The Morgan fingerprint density at radius 3 is 2.52 bits per heavy atom. The number of ether oxygens (including phenoxy) is 1. The van der Waals surface area contributed by atoms with E-state index >= 15 is 0 Å². The number of hydrogen-bond donors (Lipinski definition) is 4. The Bertz CT molecular complexity index is 1480. The minimum atomic E-state index is -0.629. The molecule has 2 atom stereocenters. The van der Waals surface area contributed by atoms with Gasteiger partial charge in [0.2, 0.25) is 5.91 Å². The van der Waals surface area contributed by atoms with Crippen molar-refractivity contribution in [1.29, 1.82) is 0 Å². The van der Waals surface area contributed by atoms with Crippen molar-refractivity contribution in [3.63, 3.8) is 0 Å². The van der Waals surface area contributed by atoms with Crippen LogP contribution in [0.1, 0.15) is 48.4 Å². The highest BCUT2D eigenvalue weighted by atomic mass is 35.5. The van der Waals surface area contributed by atoms with Crippen LogP contribution in [0.25, 0.3) is 16.9 Å². The summed E-state index contributed by atoms with van der Waals surface area (Å²) in [7, 11) is 0. The van der Waals surface area contributed by atoms with E-state index in [-0.39, 0.29) is 31.0 Å². The topological polar surface area (TPSA) is 131 Å². The van der Waals surface area contributed by atoms with Crippen molar-refractivity contribution in [2.24, 2.45) is 5.73 Å². The van der Waals surface area contributed by atoms with E-state index in [1.54, 1.807) is 25.1 Å². The molecule has 210 valence electrons. The van der Waals surface area contributed by atoms with E-state index in [2.05, 4.69) is 10.6 Å². The molecule has 4 rings (SSSR count). The van der Waals surface area contributed by atoms with E-state index in [4.69, 9.17) is 27.1 Å². The molecule has 2 aromatic carbocycles. The first-order valence-electron chi connectivity index (χ1n) is 13.1. The predicted octanol–water partition coefficient (Wildman–Crippen LogP) is 3.91. The molecule has 9 nitrogen and oxygen atoms in total. The van der Waals surface area contributed by atoms with Crippen LogP contribution in [0.3, 0.4) is 0 Å². The van der Waals surface area contributed by atoms with Gasteiger partial charge in [-0.05, 0) is 57.0 Å². The zero-order valence-electron chi connectivity index (χ0n) is 22.7. The lowest BCUT2D eigenvalue weighted by Gasteiger charge is -2.20. The van der Waals surface area contributed by atoms with Crippen LogP contribution in [0, 0.1) is 0 Å². The van der Waals surface area contributed by atoms with Crippen molar-refractivity contribution >= 4 is 29.1 Å². The number of nitrogens with two attached hydrogens (primary N) is 1. The summed E-state index contributed by atoms with van der Waals surface area (Å²) in [5, 5.41) is 16.2. The van der Waals surface area contributed by atoms with Crippen LogP contribution < -0.4 is 21.1 Å². The molecule has 2 amide bonds. The number of aromatic nitrogens is 2. The smallest absolute Gasteiger partial charge is 0.251 e. The summed E-state index contributed by atoms with van der Waals surface area (Å²) in [6, 6.07) is 16.1. The molecular formula is C30H34ClN5O4. The van der Waals surface area contributed by atoms with Gasteiger partial charge in [-0.2, -0.15) is 0 Å². The zero-order chi connectivity index (χ0) is 28.8. The highest BCUT2D eigenvalue weighted by molar-refractivity contribution is 6.32. The summed E-state index contributed by atoms with van der Waals surface area (Å²) in [4.78, 5) is 29.6. The maximum atomic E-state index is 13.1. The molecule has 0 saturated heterocycles. The van der Waals surface area contributed by atoms with Gasteiger partial charge in [0.15, 0.2) is 0 Å². The Balaban J connectivity index is 1.50. The number of fused-ring (bicyclic) bond motifs is 1. The van der Waals surface area contributed by atoms with Crippen molar-refractivity contribution in [3.05, 3.63) is 88.7 Å². The maximum Gasteiger partial charge on any atom is 0.251 e. The van der Waals surface area contributed by atoms with Gasteiger partial charge in [0.1, 0.15) is 11.4 Å². The number of rotatable bonds is 11. The number of nitrogens with one attached hydrogen (secondary N) is 2. The Morgan fingerprint density at radius 2 is 1.88 bits per heavy atom. The molecule has 10 heteroatoms. The van der Waals surface area contributed by atoms with Gasteiger partial charge in [0.25, 0.3) is 5.91 Å². The summed E-state index contributed by atoms with van der Waals surface area (Å²) in [6.07, 6.45) is 3.61. The number of aliphatic hydroxyl groups is 1. The number of amides is 2. The average molecular weight is 564 g/mol. The fraction of sp³-hybridized carbons (Fsp3) is 0.300. The largest absolute Gasteiger partial charge is 0.489 e. The summed E-state index contributed by atoms with van der Waals surface area (Å²) in [6.45, 7) is 5.58. The Hall–Kier alpha value is -3.92. The van der Waals surface area contributed by atoms with E-state index in [0.29, 0.717) is 28.4 Å². The Kier molecular flexibility index (Phi) is 9.42. The predicted molar refractivity (Wildman–Crippen MR) is 156 cm³/mol. The van der Waals surface area contributed by atoms with Crippen molar-refractivity contribution in [1.82, 2.24) is 20.0 Å². The summed E-state index contributed by atoms with van der Waals surface area (Å²) < 4.78 is 7.55. The monoisotopic (exact) mass is 563 g/mol. The number of aliphatic hydroxyl groups excluding tert-OH is 1. The third kappa shape index (κ3) is 7.18. The summed E-state index contributed by atoms with van der Waals surface area (Å²) in [5.74, 6) is -0.121. The molecule has 0 aliphatic carbocycles. The SMILES string of the molecule is CC(C)Oc1ccc(C(=O)N[C@H](CNC(=O)CN)Cc2ccc(-c3cn4cccc([C@H](C)O)c4n3)cc2)cc1Cl. The van der Waals surface area contributed by atoms with E-state index in [0.717, 1.165) is 22.4 Å². The van der Waals surface area contributed by atoms with Crippen LogP contribution in [0.4, 0.5) is 0 Å². The molecule has 0 aliphatic heterocycles. The van der Waals surface area contributed by atoms with Gasteiger partial charge >= 0.3 is 0 Å². The van der Waals surface area contributed by atoms with Gasteiger partial charge in [-0.3, -0.25) is 9.59 Å². The van der Waals surface area contributed by atoms with Crippen LogP contribution in [0.2, 0.25) is 5.02 Å². The number of hydrogen-bond acceptors (Lipinski definition) is 6. The molecule has 0 fully saturated rings. The fourth-order valence-corrected chi connectivity index (χ4v) is 4.56. The summed E-state index contributed by atoms with van der Waals surface area (Å²) in [5.41, 5.74) is 9.95. The summed E-state index contributed by atoms with van der Waals surface area (Å²) >= 11 is 6.33. The number of benzene rings is 2. The number of halogens is 1. The molecule has 40 heavy (non-hydrogen) atoms. The zero-order valence-corrected chi connectivity index (χ0v) is 23.5. The third-order valence-corrected chi connectivity index (χ3v) is 6.61. The van der Waals surface area contributed by atoms with Crippen LogP contribution in [0.5, 0.6) is 5.75 Å². The van der Waals surface area contributed by atoms with Crippen LogP contribution in [0.15, 0.2) is 67.0 Å². The molecule has 0 saturated carbocycles. The lowest BCUT2D eigenvalue weighted by molar-refractivity contribution is -0.119. The second-order valence-corrected chi connectivity index (χ2v) is 10.3. The Labute approximate surface area is 238 Å². The molecule has 0 spiro atoms. The second-order valence-electron chi connectivity index (χ2n) is 9.89. The van der Waals surface area contributed by atoms with Crippen LogP contribution in [-0.2, 0) is 11.2 Å². The van der Waals surface area contributed by atoms with E-state index in [1.807, 2.05) is 67.0 Å². The average Bonchev–Trinajstić information content (AvgIpc) is 3.37. The molecule has 0 bridgehead atoms. The van der Waals surface area contributed by atoms with E-state index in [1.165, 1.54) is 0 Å². The lowest BCUT2D eigenvalue weighted by atomic mass is 10.0. The number of carbonyl (C=O) groups excluding carboxylic acids is 2. The molecule has 4 aromatic rings. The highest BCUT2D eigenvalue weighted by Crippen LogP contribution is 2.27. The van der Waals surface area contributed by atoms with Gasteiger partial charge in [0.05, 0.1) is 35.5 Å². The van der Waals surface area contributed by atoms with Gasteiger partial charge < -0.3 is 30.6 Å². The van der Waals surface area contributed by atoms with Crippen molar-refractivity contribution in [3.8, 4) is 17.0 Å². The molecule has 0 radical (unpaired) electrons. The Morgan fingerprint density at radius 1 is 1.12 bits per heavy atom. The van der Waals surface area contributed by atoms with Crippen LogP contribution >= 0.6 is 11.6 Å². The standard InChI is InChI=1S/C30H34ClN5O4/c1-18(2)40-27-11-10-22(14-25(27)31)30(39)34-23(16-33-28(38)15-32)13-20-6-8-21(9-7-20)26-17-36-12-4-5-24(19(3)37)29(36)35-26/h4-12,14,17-19,23,37H,13,15-16,32H2,1-3H3,(H,33,38)(H,34,39)/t19-,23-/m0/s1. The number of carbonyl (C=O) groups is 2. The van der Waals surface area contributed by atoms with E-state index in [9.17, 15) is 14.7 Å². The van der Waals surface area contributed by atoms with Gasteiger partial charge in [-0.15, -0.1) is 0 Å². The first kappa shape index (κ1) is 29.1.